The molecule has 0 bridgehead atoms. The fraction of sp³-hybridized carbons (Fsp3) is 0.333. The number of thiazole rings is 1. The van der Waals surface area contributed by atoms with Crippen LogP contribution in [-0.4, -0.2) is 38.8 Å². The van der Waals surface area contributed by atoms with Crippen LogP contribution in [0.4, 0.5) is 0 Å². The molecular formula is C21H24N2O4S. The zero-order valence-corrected chi connectivity index (χ0v) is 17.1. The van der Waals surface area contributed by atoms with Crippen molar-refractivity contribution in [1.82, 2.24) is 10.3 Å². The summed E-state index contributed by atoms with van der Waals surface area (Å²) in [5.41, 5.74) is 1.84. The molecule has 0 radical (unpaired) electrons. The third-order valence-electron chi connectivity index (χ3n) is 4.32. The van der Waals surface area contributed by atoms with E-state index in [1.165, 1.54) is 4.70 Å². The molecule has 2 aromatic carbocycles. The maximum atomic E-state index is 12.3. The van der Waals surface area contributed by atoms with Crippen LogP contribution in [0.15, 0.2) is 36.4 Å². The second-order valence-electron chi connectivity index (χ2n) is 6.24. The fourth-order valence-corrected chi connectivity index (χ4v) is 3.99. The number of nitrogens with zero attached hydrogens (tertiary/aromatic N) is 1. The number of rotatable bonds is 9. The normalized spacial score (nSPS) is 10.7. The lowest BCUT2D eigenvalue weighted by atomic mass is 10.1. The first-order chi connectivity index (χ1) is 13.6. The molecule has 1 N–H and O–H groups in total. The molecule has 7 heteroatoms. The van der Waals surface area contributed by atoms with Gasteiger partial charge in [-0.1, -0.05) is 12.1 Å². The van der Waals surface area contributed by atoms with E-state index in [0.717, 1.165) is 28.9 Å². The zero-order chi connectivity index (χ0) is 19.9. The summed E-state index contributed by atoms with van der Waals surface area (Å²) in [6.07, 6.45) is 1.95. The molecule has 0 unspecified atom stereocenters. The van der Waals surface area contributed by atoms with Gasteiger partial charge in [0, 0.05) is 13.0 Å². The van der Waals surface area contributed by atoms with Gasteiger partial charge in [0.2, 0.25) is 11.7 Å². The zero-order valence-electron chi connectivity index (χ0n) is 16.3. The van der Waals surface area contributed by atoms with Gasteiger partial charge in [0.05, 0.1) is 43.0 Å². The molecule has 0 atom stereocenters. The molecule has 28 heavy (non-hydrogen) atoms. The van der Waals surface area contributed by atoms with E-state index in [4.69, 9.17) is 14.2 Å². The van der Waals surface area contributed by atoms with E-state index in [1.807, 2.05) is 18.2 Å². The number of benzene rings is 2. The van der Waals surface area contributed by atoms with Crippen LogP contribution in [0.2, 0.25) is 0 Å². The van der Waals surface area contributed by atoms with Crippen LogP contribution in [0.25, 0.3) is 10.2 Å². The van der Waals surface area contributed by atoms with Crippen molar-refractivity contribution in [3.8, 4) is 17.2 Å². The molecule has 0 aliphatic rings. The molecule has 1 aromatic heterocycles. The monoisotopic (exact) mass is 400 g/mol. The Hall–Kier alpha value is -2.80. The number of amides is 1. The van der Waals surface area contributed by atoms with Gasteiger partial charge in [0.1, 0.15) is 0 Å². The Labute approximate surface area is 168 Å². The highest BCUT2D eigenvalue weighted by Gasteiger charge is 2.14. The number of ether oxygens (including phenoxy) is 3. The van der Waals surface area contributed by atoms with Crippen molar-refractivity contribution < 1.29 is 19.0 Å². The van der Waals surface area contributed by atoms with Crippen molar-refractivity contribution in [3.63, 3.8) is 0 Å². The maximum absolute atomic E-state index is 12.3. The second kappa shape index (κ2) is 9.41. The van der Waals surface area contributed by atoms with Gasteiger partial charge in [-0.15, -0.1) is 11.3 Å². The van der Waals surface area contributed by atoms with Gasteiger partial charge in [-0.2, -0.15) is 0 Å². The van der Waals surface area contributed by atoms with E-state index in [9.17, 15) is 4.79 Å². The fourth-order valence-electron chi connectivity index (χ4n) is 2.98. The minimum absolute atomic E-state index is 0.0430. The molecule has 0 aliphatic heterocycles. The molecule has 1 heterocycles. The number of aromatic nitrogens is 1. The molecule has 0 aliphatic carbocycles. The summed E-state index contributed by atoms with van der Waals surface area (Å²) in [5, 5.41) is 4.06. The number of methoxy groups -OCH3 is 3. The molecule has 0 spiro atoms. The van der Waals surface area contributed by atoms with Gasteiger partial charge in [-0.05, 0) is 36.2 Å². The highest BCUT2D eigenvalue weighted by molar-refractivity contribution is 7.18. The topological polar surface area (TPSA) is 69.7 Å². The quantitative estimate of drug-likeness (QED) is 0.556. The number of para-hydroxylation sites is 1. The van der Waals surface area contributed by atoms with Gasteiger partial charge in [-0.25, -0.2) is 4.98 Å². The van der Waals surface area contributed by atoms with Crippen LogP contribution < -0.4 is 19.5 Å². The maximum Gasteiger partial charge on any atom is 0.224 e. The highest BCUT2D eigenvalue weighted by atomic mass is 32.1. The van der Waals surface area contributed by atoms with E-state index in [0.29, 0.717) is 23.8 Å². The van der Waals surface area contributed by atoms with E-state index >= 15 is 0 Å². The first-order valence-corrected chi connectivity index (χ1v) is 9.86. The Balaban J connectivity index is 1.51. The summed E-state index contributed by atoms with van der Waals surface area (Å²) in [6.45, 7) is 0.610. The van der Waals surface area contributed by atoms with E-state index < -0.39 is 0 Å². The van der Waals surface area contributed by atoms with Gasteiger partial charge >= 0.3 is 0 Å². The Bertz CT molecular complexity index is 896. The first kappa shape index (κ1) is 19.9. The van der Waals surface area contributed by atoms with Crippen LogP contribution in [-0.2, 0) is 17.6 Å². The smallest absolute Gasteiger partial charge is 0.224 e. The number of nitrogens with one attached hydrogen (secondary N) is 1. The summed E-state index contributed by atoms with van der Waals surface area (Å²) in [4.78, 5) is 16.9. The van der Waals surface area contributed by atoms with Gasteiger partial charge in [0.25, 0.3) is 0 Å². The Kier molecular flexibility index (Phi) is 6.71. The third kappa shape index (κ3) is 4.72. The second-order valence-corrected chi connectivity index (χ2v) is 7.35. The van der Waals surface area contributed by atoms with Crippen molar-refractivity contribution in [2.45, 2.75) is 19.3 Å². The first-order valence-electron chi connectivity index (χ1n) is 9.04. The predicted octanol–water partition coefficient (Wildman–Crippen LogP) is 3.61. The number of hydrogen-bond donors (Lipinski definition) is 1. The highest BCUT2D eigenvalue weighted by Crippen LogP contribution is 2.38. The standard InChI is InChI=1S/C21H24N2O4S/c1-25-16-11-14(12-17(26-2)21(16)27-3)13-19(24)22-10-6-9-20-23-15-7-4-5-8-18(15)28-20/h4-5,7-8,11-12H,6,9-10,13H2,1-3H3,(H,22,24). The lowest BCUT2D eigenvalue weighted by Crippen LogP contribution is -2.26. The summed E-state index contributed by atoms with van der Waals surface area (Å²) in [6, 6.07) is 11.7. The summed E-state index contributed by atoms with van der Waals surface area (Å²) >= 11 is 1.71. The average molecular weight is 401 g/mol. The lowest BCUT2D eigenvalue weighted by molar-refractivity contribution is -0.120. The lowest BCUT2D eigenvalue weighted by Gasteiger charge is -2.14. The average Bonchev–Trinajstić information content (AvgIpc) is 3.13. The van der Waals surface area contributed by atoms with Crippen molar-refractivity contribution in [2.24, 2.45) is 0 Å². The molecule has 0 saturated heterocycles. The Morgan fingerprint density at radius 2 is 1.79 bits per heavy atom. The Morgan fingerprint density at radius 1 is 1.07 bits per heavy atom. The number of carbonyl (C=O) groups is 1. The Morgan fingerprint density at radius 3 is 2.43 bits per heavy atom. The van der Waals surface area contributed by atoms with Crippen molar-refractivity contribution in [2.75, 3.05) is 27.9 Å². The van der Waals surface area contributed by atoms with Gasteiger partial charge < -0.3 is 19.5 Å². The van der Waals surface area contributed by atoms with Crippen molar-refractivity contribution in [3.05, 3.63) is 47.0 Å². The molecule has 0 saturated carbocycles. The van der Waals surface area contributed by atoms with Gasteiger partial charge in [-0.3, -0.25) is 4.79 Å². The van der Waals surface area contributed by atoms with Crippen molar-refractivity contribution >= 4 is 27.5 Å². The largest absolute Gasteiger partial charge is 0.493 e. The van der Waals surface area contributed by atoms with Crippen LogP contribution in [0.3, 0.4) is 0 Å². The van der Waals surface area contributed by atoms with Crippen LogP contribution >= 0.6 is 11.3 Å². The molecule has 3 rings (SSSR count). The van der Waals surface area contributed by atoms with Gasteiger partial charge in [0.15, 0.2) is 11.5 Å². The van der Waals surface area contributed by atoms with Crippen LogP contribution in [0.1, 0.15) is 17.0 Å². The number of carbonyl (C=O) groups excluding carboxylic acids is 1. The minimum atomic E-state index is -0.0430. The van der Waals surface area contributed by atoms with Crippen LogP contribution in [0.5, 0.6) is 17.2 Å². The van der Waals surface area contributed by atoms with E-state index in [1.54, 1.807) is 44.8 Å². The summed E-state index contributed by atoms with van der Waals surface area (Å²) < 4.78 is 17.2. The molecule has 1 amide bonds. The molecule has 6 nitrogen and oxygen atoms in total. The van der Waals surface area contributed by atoms with E-state index in [-0.39, 0.29) is 12.3 Å². The minimum Gasteiger partial charge on any atom is -0.493 e. The summed E-state index contributed by atoms with van der Waals surface area (Å²) in [5.74, 6) is 1.56. The molecule has 3 aromatic rings. The molecule has 148 valence electrons. The molecular weight excluding hydrogens is 376 g/mol. The van der Waals surface area contributed by atoms with Crippen LogP contribution in [0, 0.1) is 0 Å². The number of aryl methyl sites for hydroxylation is 1. The number of fused-ring (bicyclic) bond motifs is 1. The predicted molar refractivity (Wildman–Crippen MR) is 111 cm³/mol. The molecule has 0 fully saturated rings. The van der Waals surface area contributed by atoms with E-state index in [2.05, 4.69) is 16.4 Å². The van der Waals surface area contributed by atoms with Crippen molar-refractivity contribution in [1.29, 1.82) is 0 Å². The SMILES string of the molecule is COc1cc(CC(=O)NCCCc2nc3ccccc3s2)cc(OC)c1OC. The summed E-state index contributed by atoms with van der Waals surface area (Å²) in [7, 11) is 4.67. The number of hydrogen-bond acceptors (Lipinski definition) is 6. The third-order valence-corrected chi connectivity index (χ3v) is 5.41.